The summed E-state index contributed by atoms with van der Waals surface area (Å²) in [5.74, 6) is 1.61. The molecule has 14 heavy (non-hydrogen) atoms. The van der Waals surface area contributed by atoms with Gasteiger partial charge in [-0.2, -0.15) is 0 Å². The molecule has 1 aromatic heterocycles. The zero-order valence-electron chi connectivity index (χ0n) is 8.90. The van der Waals surface area contributed by atoms with Gasteiger partial charge < -0.3 is 5.73 Å². The first kappa shape index (κ1) is 11.1. The average Bonchev–Trinajstić information content (AvgIpc) is 2.69. The van der Waals surface area contributed by atoms with E-state index >= 15 is 0 Å². The number of aromatic amines is 1. The maximum Gasteiger partial charge on any atom is 0.153 e. The number of tetrazole rings is 1. The molecule has 1 rings (SSSR count). The summed E-state index contributed by atoms with van der Waals surface area (Å²) in [6, 6.07) is 0. The van der Waals surface area contributed by atoms with Gasteiger partial charge in [0, 0.05) is 12.5 Å². The van der Waals surface area contributed by atoms with Crippen LogP contribution < -0.4 is 5.73 Å². The molecule has 0 aliphatic rings. The van der Waals surface area contributed by atoms with Crippen molar-refractivity contribution < 1.29 is 0 Å². The minimum atomic E-state index is 0.261. The molecule has 0 aliphatic carbocycles. The van der Waals surface area contributed by atoms with Crippen LogP contribution in [0.5, 0.6) is 0 Å². The minimum absolute atomic E-state index is 0.261. The first-order chi connectivity index (χ1) is 6.79. The third kappa shape index (κ3) is 2.77. The first-order valence-corrected chi connectivity index (χ1v) is 5.23. The van der Waals surface area contributed by atoms with E-state index in [1.807, 2.05) is 0 Å². The summed E-state index contributed by atoms with van der Waals surface area (Å²) in [5.41, 5.74) is 5.72. The molecule has 0 spiro atoms. The van der Waals surface area contributed by atoms with Crippen LogP contribution in [-0.4, -0.2) is 27.2 Å². The number of aromatic nitrogens is 4. The molecule has 2 unspecified atom stereocenters. The lowest BCUT2D eigenvalue weighted by Crippen LogP contribution is -2.21. The number of hydrogen-bond donors (Lipinski definition) is 2. The van der Waals surface area contributed by atoms with Crippen LogP contribution in [0.3, 0.4) is 0 Å². The number of H-pyrrole nitrogens is 1. The fourth-order valence-corrected chi connectivity index (χ4v) is 1.66. The molecule has 0 saturated carbocycles. The number of hydrogen-bond acceptors (Lipinski definition) is 4. The van der Waals surface area contributed by atoms with Crippen molar-refractivity contribution in [2.45, 2.75) is 39.0 Å². The van der Waals surface area contributed by atoms with Crippen molar-refractivity contribution in [3.8, 4) is 0 Å². The highest BCUT2D eigenvalue weighted by Crippen LogP contribution is 2.24. The standard InChI is InChI=1S/C9H19N5/c1-3-4-5-7(2)8(6-10)9-11-13-14-12-9/h7-8H,3-6,10H2,1-2H3,(H,11,12,13,14). The Kier molecular flexibility index (Phi) is 4.52. The van der Waals surface area contributed by atoms with E-state index in [-0.39, 0.29) is 5.92 Å². The van der Waals surface area contributed by atoms with Gasteiger partial charge in [0.25, 0.3) is 0 Å². The van der Waals surface area contributed by atoms with Crippen molar-refractivity contribution in [1.29, 1.82) is 0 Å². The van der Waals surface area contributed by atoms with Gasteiger partial charge in [-0.05, 0) is 22.8 Å². The van der Waals surface area contributed by atoms with Crippen molar-refractivity contribution in [2.24, 2.45) is 11.7 Å². The predicted octanol–water partition coefficient (Wildman–Crippen LogP) is 1.07. The quantitative estimate of drug-likeness (QED) is 0.714. The van der Waals surface area contributed by atoms with Crippen molar-refractivity contribution in [3.05, 3.63) is 5.82 Å². The van der Waals surface area contributed by atoms with E-state index in [0.717, 1.165) is 5.82 Å². The first-order valence-electron chi connectivity index (χ1n) is 5.23. The number of nitrogens with zero attached hydrogens (tertiary/aromatic N) is 3. The lowest BCUT2D eigenvalue weighted by molar-refractivity contribution is 0.406. The van der Waals surface area contributed by atoms with Gasteiger partial charge in [-0.3, -0.25) is 0 Å². The minimum Gasteiger partial charge on any atom is -0.330 e. The smallest absolute Gasteiger partial charge is 0.153 e. The van der Waals surface area contributed by atoms with Gasteiger partial charge in [-0.15, -0.1) is 5.10 Å². The van der Waals surface area contributed by atoms with Gasteiger partial charge in [-0.1, -0.05) is 26.7 Å². The topological polar surface area (TPSA) is 80.5 Å². The summed E-state index contributed by atoms with van der Waals surface area (Å²) in [5, 5.41) is 13.9. The van der Waals surface area contributed by atoms with Gasteiger partial charge in [-0.25, -0.2) is 5.10 Å². The van der Waals surface area contributed by atoms with Crippen LogP contribution in [0.25, 0.3) is 0 Å². The zero-order valence-corrected chi connectivity index (χ0v) is 8.90. The molecule has 3 N–H and O–H groups in total. The van der Waals surface area contributed by atoms with Gasteiger partial charge >= 0.3 is 0 Å². The highest BCUT2D eigenvalue weighted by Gasteiger charge is 2.20. The lowest BCUT2D eigenvalue weighted by Gasteiger charge is -2.19. The second-order valence-corrected chi connectivity index (χ2v) is 3.75. The number of nitrogens with one attached hydrogen (secondary N) is 1. The summed E-state index contributed by atoms with van der Waals surface area (Å²) in [6.07, 6.45) is 3.63. The highest BCUT2D eigenvalue weighted by molar-refractivity contribution is 4.94. The molecule has 1 aromatic rings. The third-order valence-corrected chi connectivity index (χ3v) is 2.67. The summed E-state index contributed by atoms with van der Waals surface area (Å²) in [7, 11) is 0. The Morgan fingerprint density at radius 2 is 2.29 bits per heavy atom. The Bertz CT molecular complexity index is 233. The fourth-order valence-electron chi connectivity index (χ4n) is 1.66. The van der Waals surface area contributed by atoms with Crippen molar-refractivity contribution in [1.82, 2.24) is 20.6 Å². The number of unbranched alkanes of at least 4 members (excludes halogenated alkanes) is 1. The van der Waals surface area contributed by atoms with Gasteiger partial charge in [0.15, 0.2) is 5.82 Å². The maximum atomic E-state index is 5.72. The van der Waals surface area contributed by atoms with Crippen LogP contribution in [0, 0.1) is 5.92 Å². The van der Waals surface area contributed by atoms with Gasteiger partial charge in [0.05, 0.1) is 0 Å². The van der Waals surface area contributed by atoms with Gasteiger partial charge in [0.2, 0.25) is 0 Å². The van der Waals surface area contributed by atoms with E-state index in [0.29, 0.717) is 12.5 Å². The van der Waals surface area contributed by atoms with E-state index in [4.69, 9.17) is 5.73 Å². The Hall–Kier alpha value is -0.970. The monoisotopic (exact) mass is 197 g/mol. The van der Waals surface area contributed by atoms with Crippen molar-refractivity contribution in [2.75, 3.05) is 6.54 Å². The molecule has 80 valence electrons. The van der Waals surface area contributed by atoms with Crippen LogP contribution in [0.2, 0.25) is 0 Å². The Morgan fingerprint density at radius 1 is 1.50 bits per heavy atom. The molecule has 0 amide bonds. The molecular weight excluding hydrogens is 178 g/mol. The highest BCUT2D eigenvalue weighted by atomic mass is 15.5. The van der Waals surface area contributed by atoms with E-state index in [2.05, 4.69) is 34.5 Å². The third-order valence-electron chi connectivity index (χ3n) is 2.67. The largest absolute Gasteiger partial charge is 0.330 e. The summed E-state index contributed by atoms with van der Waals surface area (Å²) in [6.45, 7) is 5.00. The summed E-state index contributed by atoms with van der Waals surface area (Å²) in [4.78, 5) is 0. The molecule has 1 heterocycles. The number of rotatable bonds is 6. The Balaban J connectivity index is 2.53. The van der Waals surface area contributed by atoms with Gasteiger partial charge in [0.1, 0.15) is 0 Å². The van der Waals surface area contributed by atoms with Crippen LogP contribution in [0.1, 0.15) is 44.9 Å². The van der Waals surface area contributed by atoms with Crippen molar-refractivity contribution >= 4 is 0 Å². The summed E-state index contributed by atoms with van der Waals surface area (Å²) >= 11 is 0. The van der Waals surface area contributed by atoms with E-state index in [9.17, 15) is 0 Å². The average molecular weight is 197 g/mol. The van der Waals surface area contributed by atoms with Crippen LogP contribution in [0.15, 0.2) is 0 Å². The molecule has 0 radical (unpaired) electrons. The molecule has 0 aromatic carbocycles. The summed E-state index contributed by atoms with van der Waals surface area (Å²) < 4.78 is 0. The normalized spacial score (nSPS) is 15.4. The lowest BCUT2D eigenvalue weighted by atomic mass is 9.89. The second kappa shape index (κ2) is 5.70. The molecule has 2 atom stereocenters. The Labute approximate surface area is 84.5 Å². The fraction of sp³-hybridized carbons (Fsp3) is 0.889. The van der Waals surface area contributed by atoms with Crippen LogP contribution in [-0.2, 0) is 0 Å². The maximum absolute atomic E-state index is 5.72. The molecule has 0 fully saturated rings. The van der Waals surface area contributed by atoms with E-state index in [1.165, 1.54) is 19.3 Å². The SMILES string of the molecule is CCCCC(C)C(CN)c1nnn[nH]1. The van der Waals surface area contributed by atoms with Crippen LogP contribution >= 0.6 is 0 Å². The van der Waals surface area contributed by atoms with E-state index < -0.39 is 0 Å². The molecule has 0 saturated heterocycles. The van der Waals surface area contributed by atoms with E-state index in [1.54, 1.807) is 0 Å². The zero-order chi connectivity index (χ0) is 10.4. The number of nitrogens with two attached hydrogens (primary N) is 1. The predicted molar refractivity (Wildman–Crippen MR) is 54.7 cm³/mol. The van der Waals surface area contributed by atoms with Crippen LogP contribution in [0.4, 0.5) is 0 Å². The molecule has 5 heteroatoms. The second-order valence-electron chi connectivity index (χ2n) is 3.75. The molecule has 0 aliphatic heterocycles. The Morgan fingerprint density at radius 3 is 2.79 bits per heavy atom. The molecule has 5 nitrogen and oxygen atoms in total. The molecular formula is C9H19N5. The van der Waals surface area contributed by atoms with Crippen molar-refractivity contribution in [3.63, 3.8) is 0 Å². The molecule has 0 bridgehead atoms.